The van der Waals surface area contributed by atoms with Crippen molar-refractivity contribution >= 4 is 43.7 Å². The van der Waals surface area contributed by atoms with Gasteiger partial charge in [-0.1, -0.05) is 127 Å². The van der Waals surface area contributed by atoms with Gasteiger partial charge in [0, 0.05) is 64.5 Å². The minimum atomic E-state index is -2.09. The number of furan rings is 1. The predicted molar refractivity (Wildman–Crippen MR) is 260 cm³/mol. The third kappa shape index (κ3) is 8.38. The number of aryl methyl sites for hydroxylation is 1. The molecule has 0 bridgehead atoms. The zero-order valence-electron chi connectivity index (χ0n) is 40.4. The molecule has 0 aliphatic rings. The molecule has 7 heteroatoms. The summed E-state index contributed by atoms with van der Waals surface area (Å²) in [5.74, 6) is 1.90. The van der Waals surface area contributed by atoms with E-state index in [1.807, 2.05) is 36.5 Å². The van der Waals surface area contributed by atoms with Crippen LogP contribution in [0.4, 0.5) is 0 Å². The number of aromatic nitrogens is 4. The van der Waals surface area contributed by atoms with Crippen LogP contribution in [0.3, 0.4) is 0 Å². The summed E-state index contributed by atoms with van der Waals surface area (Å²) < 4.78 is 36.7. The Morgan fingerprint density at radius 1 is 0.734 bits per heavy atom. The SMILES string of the molecule is COc1cc2c(ccc3c4cc[c-]c(-c5nc6ccccc6n5-c5c(C(C)C)cc(-c6ccccc6)cc5C(C)C)c4oc23)cn1.[2H]C([2H])([2H])c1c[c-]c(-c2cc(C(C)(C)C)ccn2)cc1.[Ir]. The van der Waals surface area contributed by atoms with Crippen LogP contribution < -0.4 is 4.74 Å². The Labute approximate surface area is 394 Å². The molecule has 0 aliphatic carbocycles. The average Bonchev–Trinajstić information content (AvgIpc) is 3.90. The second kappa shape index (κ2) is 18.0. The quantitative estimate of drug-likeness (QED) is 0.149. The van der Waals surface area contributed by atoms with Gasteiger partial charge in [0.15, 0.2) is 0 Å². The fourth-order valence-corrected chi connectivity index (χ4v) is 8.34. The smallest absolute Gasteiger partial charge is 0.213 e. The molecular weight excluding hydrogens is 965 g/mol. The van der Waals surface area contributed by atoms with Crippen LogP contribution >= 0.6 is 0 Å². The average molecular weight is 1020 g/mol. The minimum absolute atomic E-state index is 0. The molecule has 0 unspecified atom stereocenters. The van der Waals surface area contributed by atoms with Crippen LogP contribution in [0.2, 0.25) is 0 Å². The fraction of sp³-hybridized carbons (Fsp3) is 0.211. The van der Waals surface area contributed by atoms with Crippen LogP contribution in [-0.2, 0) is 25.5 Å². The summed E-state index contributed by atoms with van der Waals surface area (Å²) in [6.07, 6.45) is 3.61. The van der Waals surface area contributed by atoms with Crippen molar-refractivity contribution in [2.75, 3.05) is 7.11 Å². The van der Waals surface area contributed by atoms with Crippen molar-refractivity contribution in [3.63, 3.8) is 0 Å². The van der Waals surface area contributed by atoms with Crippen molar-refractivity contribution in [2.45, 2.75) is 72.6 Å². The Morgan fingerprint density at radius 2 is 1.47 bits per heavy atom. The number of rotatable bonds is 7. The van der Waals surface area contributed by atoms with Gasteiger partial charge in [0.1, 0.15) is 5.58 Å². The van der Waals surface area contributed by atoms with Crippen LogP contribution in [-0.4, -0.2) is 26.6 Å². The summed E-state index contributed by atoms with van der Waals surface area (Å²) in [4.78, 5) is 14.0. The Hall–Kier alpha value is -6.40. The van der Waals surface area contributed by atoms with Crippen molar-refractivity contribution in [1.82, 2.24) is 19.5 Å². The first kappa shape index (κ1) is 40.4. The monoisotopic (exact) mass is 1020 g/mol. The number of ether oxygens (including phenoxy) is 1. The topological polar surface area (TPSA) is 66.0 Å². The van der Waals surface area contributed by atoms with E-state index in [4.69, 9.17) is 18.3 Å². The summed E-state index contributed by atoms with van der Waals surface area (Å²) in [7, 11) is 1.63. The maximum atomic E-state index is 7.36. The Kier molecular flexibility index (Phi) is 11.4. The second-order valence-corrected chi connectivity index (χ2v) is 17.7. The number of imidazole rings is 1. The Balaban J connectivity index is 0.000000244. The number of benzene rings is 6. The van der Waals surface area contributed by atoms with Gasteiger partial charge in [-0.2, -0.15) is 0 Å². The maximum Gasteiger partial charge on any atom is 0.213 e. The van der Waals surface area contributed by atoms with Crippen molar-refractivity contribution in [2.24, 2.45) is 0 Å². The molecule has 323 valence electrons. The number of hydrogen-bond acceptors (Lipinski definition) is 5. The molecule has 4 heterocycles. The molecule has 6 aromatic carbocycles. The third-order valence-corrected chi connectivity index (χ3v) is 11.7. The predicted octanol–water partition coefficient (Wildman–Crippen LogP) is 15.0. The molecule has 10 rings (SSSR count). The number of para-hydroxylation sites is 2. The Morgan fingerprint density at radius 3 is 2.16 bits per heavy atom. The van der Waals surface area contributed by atoms with E-state index >= 15 is 0 Å². The number of pyridine rings is 2. The molecular formula is C57H52IrN4O2-2. The van der Waals surface area contributed by atoms with Crippen molar-refractivity contribution in [3.05, 3.63) is 174 Å². The van der Waals surface area contributed by atoms with Gasteiger partial charge in [0.25, 0.3) is 0 Å². The standard InChI is InChI=1S/C41H34N3O2.C16H18N.Ir/c1-24(2)32-20-28(26-12-7-6-8-13-26)21-33(25(3)4)38(32)44-36-17-10-9-16-35(36)43-41(44)31-15-11-14-29-30-19-18-27-23-42-37(45-5)22-34(27)40(30)46-39(29)31;1-12-5-7-13(8-6-12)15-11-14(9-10-17-15)16(2,3)4;/h6-14,16-25H,1-5H3;5-7,9-11H,1-4H3;/q2*-1;/i;1D3;. The molecule has 10 aromatic rings. The normalized spacial score (nSPS) is 12.6. The molecule has 0 N–H and O–H groups in total. The van der Waals surface area contributed by atoms with E-state index in [-0.39, 0.29) is 37.4 Å². The molecule has 0 amide bonds. The molecule has 4 aromatic heterocycles. The molecule has 0 spiro atoms. The number of methoxy groups -OCH3 is 1. The van der Waals surface area contributed by atoms with Crippen molar-refractivity contribution in [3.8, 4) is 45.3 Å². The van der Waals surface area contributed by atoms with Crippen LogP contribution in [0.25, 0.3) is 83.2 Å². The zero-order valence-corrected chi connectivity index (χ0v) is 39.8. The van der Waals surface area contributed by atoms with Gasteiger partial charge in [0.05, 0.1) is 29.6 Å². The minimum Gasteiger partial charge on any atom is -0.500 e. The summed E-state index contributed by atoms with van der Waals surface area (Å²) in [5, 5.41) is 4.01. The second-order valence-electron chi connectivity index (χ2n) is 17.7. The third-order valence-electron chi connectivity index (χ3n) is 11.7. The number of hydrogen-bond donors (Lipinski definition) is 0. The molecule has 0 atom stereocenters. The fourth-order valence-electron chi connectivity index (χ4n) is 8.34. The van der Waals surface area contributed by atoms with Crippen molar-refractivity contribution < 1.29 is 33.4 Å². The van der Waals surface area contributed by atoms with E-state index in [1.54, 1.807) is 25.4 Å². The van der Waals surface area contributed by atoms with E-state index in [1.165, 1.54) is 39.6 Å². The maximum absolute atomic E-state index is 7.36. The molecule has 0 aliphatic heterocycles. The summed E-state index contributed by atoms with van der Waals surface area (Å²) >= 11 is 0. The number of nitrogens with zero attached hydrogens (tertiary/aromatic N) is 4. The molecule has 0 saturated carbocycles. The summed E-state index contributed by atoms with van der Waals surface area (Å²) in [5.41, 5.74) is 13.7. The van der Waals surface area contributed by atoms with E-state index < -0.39 is 6.85 Å². The molecule has 1 radical (unpaired) electrons. The molecule has 0 fully saturated rings. The molecule has 64 heavy (non-hydrogen) atoms. The first-order valence-electron chi connectivity index (χ1n) is 23.0. The largest absolute Gasteiger partial charge is 0.500 e. The Bertz CT molecular complexity index is 3360. The number of fused-ring (bicyclic) bond motifs is 6. The molecule has 6 nitrogen and oxygen atoms in total. The van der Waals surface area contributed by atoms with E-state index in [0.29, 0.717) is 11.4 Å². The van der Waals surface area contributed by atoms with Crippen molar-refractivity contribution in [1.29, 1.82) is 0 Å². The van der Waals surface area contributed by atoms with Gasteiger partial charge >= 0.3 is 0 Å². The van der Waals surface area contributed by atoms with E-state index in [9.17, 15) is 0 Å². The first-order valence-corrected chi connectivity index (χ1v) is 21.5. The van der Waals surface area contributed by atoms with Gasteiger partial charge in [-0.05, 0) is 81.1 Å². The van der Waals surface area contributed by atoms with Crippen LogP contribution in [0.1, 0.15) is 86.7 Å². The van der Waals surface area contributed by atoms with Gasteiger partial charge in [0.2, 0.25) is 5.88 Å². The zero-order chi connectivity index (χ0) is 46.5. The first-order chi connectivity index (χ1) is 31.6. The van der Waals surface area contributed by atoms with Crippen LogP contribution in [0, 0.1) is 19.0 Å². The van der Waals surface area contributed by atoms with Gasteiger partial charge in [-0.15, -0.1) is 53.6 Å². The van der Waals surface area contributed by atoms with Crippen LogP contribution in [0.5, 0.6) is 5.88 Å². The summed E-state index contributed by atoms with van der Waals surface area (Å²) in [6, 6.07) is 49.5. The summed E-state index contributed by atoms with van der Waals surface area (Å²) in [6.45, 7) is 13.5. The van der Waals surface area contributed by atoms with Gasteiger partial charge in [-0.25, -0.2) is 4.98 Å². The molecule has 0 saturated heterocycles. The van der Waals surface area contributed by atoms with Crippen LogP contribution in [0.15, 0.2) is 144 Å². The van der Waals surface area contributed by atoms with E-state index in [2.05, 4.69) is 154 Å². The van der Waals surface area contributed by atoms with Gasteiger partial charge in [-0.3, -0.25) is 4.98 Å². The van der Waals surface area contributed by atoms with Gasteiger partial charge < -0.3 is 18.7 Å². The van der Waals surface area contributed by atoms with E-state index in [0.717, 1.165) is 66.4 Å².